The largest absolute Gasteiger partial charge is 0.347 e. The monoisotopic (exact) mass is 387 g/mol. The van der Waals surface area contributed by atoms with Crippen LogP contribution in [0.4, 0.5) is 0 Å². The van der Waals surface area contributed by atoms with Gasteiger partial charge in [0.25, 0.3) is 0 Å². The number of hydrogen-bond acceptors (Lipinski definition) is 8. The zero-order valence-electron chi connectivity index (χ0n) is 16.1. The first-order chi connectivity index (χ1) is 12.4. The lowest BCUT2D eigenvalue weighted by molar-refractivity contribution is -0.269. The average molecular weight is 388 g/mol. The van der Waals surface area contributed by atoms with Crippen molar-refractivity contribution in [2.45, 2.75) is 55.9 Å². The molecule has 8 heteroatoms. The molecular formula is C18H33N3O4S. The zero-order chi connectivity index (χ0) is 18.3. The van der Waals surface area contributed by atoms with Crippen LogP contribution < -0.4 is 0 Å². The fourth-order valence-corrected chi connectivity index (χ4v) is 4.56. The van der Waals surface area contributed by atoms with E-state index in [0.717, 1.165) is 84.8 Å². The summed E-state index contributed by atoms with van der Waals surface area (Å²) in [4.78, 5) is 0. The van der Waals surface area contributed by atoms with E-state index in [9.17, 15) is 0 Å². The van der Waals surface area contributed by atoms with Crippen LogP contribution >= 0.6 is 12.6 Å². The zero-order valence-corrected chi connectivity index (χ0v) is 17.0. The normalized spacial score (nSPS) is 30.0. The summed E-state index contributed by atoms with van der Waals surface area (Å²) in [5.41, 5.74) is 0. The van der Waals surface area contributed by atoms with Crippen LogP contribution in [-0.2, 0) is 18.9 Å². The van der Waals surface area contributed by atoms with E-state index in [4.69, 9.17) is 31.6 Å². The highest BCUT2D eigenvalue weighted by atomic mass is 32.1. The van der Waals surface area contributed by atoms with Crippen LogP contribution in [0.2, 0.25) is 0 Å². The third-order valence-electron chi connectivity index (χ3n) is 5.81. The summed E-state index contributed by atoms with van der Waals surface area (Å²) in [5, 5.41) is 7.31. The minimum absolute atomic E-state index is 0.0784. The maximum atomic E-state index is 5.89. The van der Waals surface area contributed by atoms with E-state index in [2.05, 4.69) is 29.0 Å². The Morgan fingerprint density at radius 3 is 1.42 bits per heavy atom. The van der Waals surface area contributed by atoms with Crippen molar-refractivity contribution in [1.82, 2.24) is 15.1 Å². The van der Waals surface area contributed by atoms with E-state index in [-0.39, 0.29) is 16.3 Å². The quantitative estimate of drug-likeness (QED) is 0.734. The number of nitrogens with zero attached hydrogens (tertiary/aromatic N) is 3. The van der Waals surface area contributed by atoms with Crippen molar-refractivity contribution < 1.29 is 18.9 Å². The predicted octanol–water partition coefficient (Wildman–Crippen LogP) is 1.50. The Hall–Kier alpha value is 0.0700. The van der Waals surface area contributed by atoms with Crippen molar-refractivity contribution in [3.63, 3.8) is 0 Å². The lowest BCUT2D eigenvalue weighted by Gasteiger charge is -2.50. The molecule has 4 rings (SSSR count). The summed E-state index contributed by atoms with van der Waals surface area (Å²) in [6.07, 6.45) is 3.67. The van der Waals surface area contributed by atoms with Gasteiger partial charge in [-0.05, 0) is 13.8 Å². The second-order valence-electron chi connectivity index (χ2n) is 8.47. The Morgan fingerprint density at radius 1 is 0.769 bits per heavy atom. The molecular weight excluding hydrogens is 354 g/mol. The maximum absolute atomic E-state index is 5.89. The minimum atomic E-state index is -0.337. The van der Waals surface area contributed by atoms with Gasteiger partial charge in [0.05, 0.1) is 26.4 Å². The molecule has 150 valence electrons. The average Bonchev–Trinajstić information content (AvgIpc) is 3.25. The summed E-state index contributed by atoms with van der Waals surface area (Å²) in [6, 6.07) is 0. The molecule has 0 amide bonds. The Kier molecular flexibility index (Phi) is 5.58. The second-order valence-corrected chi connectivity index (χ2v) is 9.68. The van der Waals surface area contributed by atoms with E-state index in [1.807, 2.05) is 0 Å². The topological polar surface area (TPSA) is 46.6 Å². The molecule has 26 heavy (non-hydrogen) atoms. The highest BCUT2D eigenvalue weighted by molar-refractivity contribution is 7.81. The molecule has 0 aliphatic carbocycles. The number of thiol groups is 1. The second kappa shape index (κ2) is 7.48. The van der Waals surface area contributed by atoms with Gasteiger partial charge >= 0.3 is 0 Å². The third kappa shape index (κ3) is 4.22. The maximum Gasteiger partial charge on any atom is 0.171 e. The Bertz CT molecular complexity index is 433. The van der Waals surface area contributed by atoms with E-state index >= 15 is 0 Å². The molecule has 4 saturated heterocycles. The number of ether oxygens (including phenoxy) is 4. The molecule has 0 radical (unpaired) electrons. The minimum Gasteiger partial charge on any atom is -0.347 e. The van der Waals surface area contributed by atoms with Crippen LogP contribution in [0.15, 0.2) is 0 Å². The van der Waals surface area contributed by atoms with Gasteiger partial charge in [-0.15, -0.1) is 0 Å². The van der Waals surface area contributed by atoms with Crippen molar-refractivity contribution in [1.29, 1.82) is 0 Å². The highest BCUT2D eigenvalue weighted by Crippen LogP contribution is 2.35. The molecule has 2 spiro atoms. The summed E-state index contributed by atoms with van der Waals surface area (Å²) >= 11 is 4.80. The predicted molar refractivity (Wildman–Crippen MR) is 101 cm³/mol. The molecule has 0 aromatic carbocycles. The summed E-state index contributed by atoms with van der Waals surface area (Å²) < 4.78 is 23.5. The van der Waals surface area contributed by atoms with E-state index in [1.165, 1.54) is 0 Å². The van der Waals surface area contributed by atoms with Gasteiger partial charge in [-0.25, -0.2) is 10.0 Å². The molecule has 0 N–H and O–H groups in total. The molecule has 4 aliphatic rings. The fourth-order valence-electron chi connectivity index (χ4n) is 4.43. The van der Waals surface area contributed by atoms with Gasteiger partial charge in [-0.3, -0.25) is 0 Å². The number of hydrazine groups is 2. The summed E-state index contributed by atoms with van der Waals surface area (Å²) in [6.45, 7) is 11.9. The van der Waals surface area contributed by atoms with Crippen LogP contribution in [0.25, 0.3) is 0 Å². The molecule has 0 unspecified atom stereocenters. The fraction of sp³-hybridized carbons (Fsp3) is 1.00. The molecule has 0 aromatic rings. The van der Waals surface area contributed by atoms with E-state index < -0.39 is 0 Å². The van der Waals surface area contributed by atoms with Gasteiger partial charge in [0.1, 0.15) is 0 Å². The number of rotatable bonds is 4. The van der Waals surface area contributed by atoms with Crippen LogP contribution in [0, 0.1) is 0 Å². The van der Waals surface area contributed by atoms with Gasteiger partial charge in [0.15, 0.2) is 11.6 Å². The number of piperidine rings is 2. The van der Waals surface area contributed by atoms with Gasteiger partial charge in [-0.1, -0.05) is 0 Å². The molecule has 7 nitrogen and oxygen atoms in total. The van der Waals surface area contributed by atoms with Crippen molar-refractivity contribution in [3.05, 3.63) is 0 Å². The van der Waals surface area contributed by atoms with Crippen LogP contribution in [0.1, 0.15) is 39.5 Å². The summed E-state index contributed by atoms with van der Waals surface area (Å²) in [5.74, 6) is -0.674. The van der Waals surface area contributed by atoms with Crippen molar-refractivity contribution in [3.8, 4) is 0 Å². The lowest BCUT2D eigenvalue weighted by atomic mass is 10.0. The Labute approximate surface area is 162 Å². The molecule has 0 bridgehead atoms. The Balaban J connectivity index is 1.40. The standard InChI is InChI=1S/C18H33N3O4S/c1-16(2,26)15-21(19-7-3-17(4-8-19)22-11-12-23-17)20-9-5-18(6-10-20)24-13-14-25-18/h26H,3-15H2,1-2H3. The molecule has 0 aromatic heterocycles. The van der Waals surface area contributed by atoms with E-state index in [0.29, 0.717) is 0 Å². The van der Waals surface area contributed by atoms with Gasteiger partial charge in [0, 0.05) is 63.2 Å². The van der Waals surface area contributed by atoms with E-state index in [1.54, 1.807) is 0 Å². The van der Waals surface area contributed by atoms with Crippen LogP contribution in [-0.4, -0.2) is 90.6 Å². The summed E-state index contributed by atoms with van der Waals surface area (Å²) in [7, 11) is 0. The Morgan fingerprint density at radius 2 is 1.12 bits per heavy atom. The number of hydrogen-bond donors (Lipinski definition) is 1. The van der Waals surface area contributed by atoms with Gasteiger partial charge < -0.3 is 18.9 Å². The van der Waals surface area contributed by atoms with Gasteiger partial charge in [0.2, 0.25) is 0 Å². The molecule has 4 aliphatic heterocycles. The first-order valence-corrected chi connectivity index (χ1v) is 10.4. The van der Waals surface area contributed by atoms with Gasteiger partial charge in [-0.2, -0.15) is 17.7 Å². The first kappa shape index (κ1) is 19.4. The SMILES string of the molecule is CC(C)(S)CN(N1CCC2(CC1)OCCO2)N1CCC2(CC1)OCCO2. The third-order valence-corrected chi connectivity index (χ3v) is 5.95. The smallest absolute Gasteiger partial charge is 0.171 e. The molecule has 4 fully saturated rings. The molecule has 0 atom stereocenters. The van der Waals surface area contributed by atoms with Crippen LogP contribution in [0.5, 0.6) is 0 Å². The van der Waals surface area contributed by atoms with Crippen molar-refractivity contribution in [2.75, 3.05) is 59.2 Å². The molecule has 4 heterocycles. The first-order valence-electron chi connectivity index (χ1n) is 9.94. The molecule has 0 saturated carbocycles. The van der Waals surface area contributed by atoms with Crippen molar-refractivity contribution >= 4 is 12.6 Å². The van der Waals surface area contributed by atoms with Crippen LogP contribution in [0.3, 0.4) is 0 Å². The highest BCUT2D eigenvalue weighted by Gasteiger charge is 2.45. The lowest BCUT2D eigenvalue weighted by Crippen LogP contribution is -2.63. The van der Waals surface area contributed by atoms with Crippen molar-refractivity contribution in [2.24, 2.45) is 0 Å².